The summed E-state index contributed by atoms with van der Waals surface area (Å²) in [5.41, 5.74) is 2.24. The Morgan fingerprint density at radius 1 is 1.15 bits per heavy atom. The third-order valence-electron chi connectivity index (χ3n) is 4.37. The molecular weight excluding hydrogens is 330 g/mol. The molecule has 0 fully saturated rings. The molecule has 0 saturated carbocycles. The fourth-order valence-corrected chi connectivity index (χ4v) is 2.92. The lowest BCUT2D eigenvalue weighted by Gasteiger charge is -2.19. The zero-order chi connectivity index (χ0) is 19.9. The molecule has 1 unspecified atom stereocenters. The molecule has 0 saturated heterocycles. The Balaban J connectivity index is 3.19. The van der Waals surface area contributed by atoms with Gasteiger partial charge in [-0.3, -0.25) is 9.59 Å². The van der Waals surface area contributed by atoms with Crippen LogP contribution >= 0.6 is 0 Å². The summed E-state index contributed by atoms with van der Waals surface area (Å²) in [6.45, 7) is 8.86. The van der Waals surface area contributed by atoms with Crippen LogP contribution in [0.25, 0.3) is 0 Å². The summed E-state index contributed by atoms with van der Waals surface area (Å²) in [7, 11) is 1.79. The number of carbonyl (C=O) groups excluding carboxylic acids is 3. The zero-order valence-corrected chi connectivity index (χ0v) is 16.8. The van der Waals surface area contributed by atoms with Crippen LogP contribution in [0, 0.1) is 5.92 Å². The van der Waals surface area contributed by atoms with Crippen molar-refractivity contribution in [3.05, 3.63) is 23.3 Å². The van der Waals surface area contributed by atoms with Gasteiger partial charge in [-0.2, -0.15) is 0 Å². The van der Waals surface area contributed by atoms with Crippen molar-refractivity contribution < 1.29 is 19.1 Å². The lowest BCUT2D eigenvalue weighted by Crippen LogP contribution is -2.19. The number of ether oxygens (including phenoxy) is 1. The summed E-state index contributed by atoms with van der Waals surface area (Å²) < 4.78 is 5.90. The number of anilines is 1. The van der Waals surface area contributed by atoms with Crippen LogP contribution in [0.5, 0.6) is 5.75 Å². The van der Waals surface area contributed by atoms with Crippen molar-refractivity contribution in [1.82, 2.24) is 0 Å². The van der Waals surface area contributed by atoms with Crippen LogP contribution in [-0.2, 0) is 16.0 Å². The zero-order valence-electron chi connectivity index (χ0n) is 16.8. The second kappa shape index (κ2) is 10.1. The van der Waals surface area contributed by atoms with E-state index in [1.54, 1.807) is 7.05 Å². The highest BCUT2D eigenvalue weighted by Crippen LogP contribution is 2.31. The van der Waals surface area contributed by atoms with Gasteiger partial charge in [0.05, 0.1) is 6.10 Å². The molecule has 26 heavy (non-hydrogen) atoms. The minimum Gasteiger partial charge on any atom is -0.491 e. The average Bonchev–Trinajstić information content (AvgIpc) is 2.56. The molecule has 1 atom stereocenters. The number of carbonyl (C=O) groups is 3. The largest absolute Gasteiger partial charge is 0.491 e. The van der Waals surface area contributed by atoms with E-state index < -0.39 is 5.92 Å². The molecule has 5 heteroatoms. The number of hydrogen-bond acceptors (Lipinski definition) is 5. The van der Waals surface area contributed by atoms with Crippen LogP contribution in [0.3, 0.4) is 0 Å². The molecule has 0 amide bonds. The van der Waals surface area contributed by atoms with Gasteiger partial charge in [0.25, 0.3) is 0 Å². The van der Waals surface area contributed by atoms with E-state index in [1.165, 1.54) is 13.8 Å². The predicted octanol–water partition coefficient (Wildman–Crippen LogP) is 4.23. The van der Waals surface area contributed by atoms with E-state index >= 15 is 0 Å². The van der Waals surface area contributed by atoms with Crippen LogP contribution in [0.15, 0.2) is 12.1 Å². The van der Waals surface area contributed by atoms with Gasteiger partial charge in [-0.05, 0) is 46.6 Å². The Bertz CT molecular complexity index is 664. The van der Waals surface area contributed by atoms with E-state index in [4.69, 9.17) is 4.74 Å². The van der Waals surface area contributed by atoms with E-state index in [0.717, 1.165) is 11.3 Å². The molecule has 0 aromatic heterocycles. The quantitative estimate of drug-likeness (QED) is 0.597. The van der Waals surface area contributed by atoms with Crippen molar-refractivity contribution in [2.45, 2.75) is 66.4 Å². The minimum atomic E-state index is -0.427. The van der Waals surface area contributed by atoms with Gasteiger partial charge in [0.15, 0.2) is 5.78 Å². The highest BCUT2D eigenvalue weighted by molar-refractivity contribution is 6.01. The Morgan fingerprint density at radius 3 is 2.27 bits per heavy atom. The number of benzene rings is 1. The second-order valence-corrected chi connectivity index (χ2v) is 6.95. The lowest BCUT2D eigenvalue weighted by molar-refractivity contribution is -0.121. The van der Waals surface area contributed by atoms with E-state index in [2.05, 4.69) is 5.32 Å². The van der Waals surface area contributed by atoms with Crippen LogP contribution in [0.1, 0.15) is 69.8 Å². The number of ketones is 3. The fraction of sp³-hybridized carbons (Fsp3) is 0.571. The maximum atomic E-state index is 13.0. The number of hydrogen-bond donors (Lipinski definition) is 1. The number of nitrogens with one attached hydrogen (secondary N) is 1. The predicted molar refractivity (Wildman–Crippen MR) is 104 cm³/mol. The third kappa shape index (κ3) is 6.28. The Kier molecular flexibility index (Phi) is 8.49. The van der Waals surface area contributed by atoms with Crippen molar-refractivity contribution in [2.24, 2.45) is 5.92 Å². The van der Waals surface area contributed by atoms with Crippen molar-refractivity contribution in [3.63, 3.8) is 0 Å². The molecule has 0 bridgehead atoms. The van der Waals surface area contributed by atoms with E-state index in [-0.39, 0.29) is 29.9 Å². The van der Waals surface area contributed by atoms with Crippen LogP contribution in [-0.4, -0.2) is 30.5 Å². The minimum absolute atomic E-state index is 0.00380. The molecule has 5 nitrogen and oxygen atoms in total. The van der Waals surface area contributed by atoms with Crippen LogP contribution in [0.4, 0.5) is 5.69 Å². The summed E-state index contributed by atoms with van der Waals surface area (Å²) in [5, 5.41) is 3.06. The van der Waals surface area contributed by atoms with Gasteiger partial charge in [0.1, 0.15) is 17.3 Å². The molecule has 0 spiro atoms. The fourth-order valence-electron chi connectivity index (χ4n) is 2.92. The summed E-state index contributed by atoms with van der Waals surface area (Å²) in [4.78, 5) is 36.1. The van der Waals surface area contributed by atoms with E-state index in [0.29, 0.717) is 30.6 Å². The Hall–Kier alpha value is -2.17. The molecule has 144 valence electrons. The molecule has 0 aliphatic carbocycles. The first-order valence-electron chi connectivity index (χ1n) is 9.23. The Labute approximate surface area is 156 Å². The molecule has 0 radical (unpaired) electrons. The number of Topliss-reactive ketones (excluding diaryl/α,β-unsaturated/α-hetero) is 3. The van der Waals surface area contributed by atoms with Crippen molar-refractivity contribution in [1.29, 1.82) is 0 Å². The first-order valence-corrected chi connectivity index (χ1v) is 9.23. The van der Waals surface area contributed by atoms with Gasteiger partial charge >= 0.3 is 0 Å². The first kappa shape index (κ1) is 21.9. The highest BCUT2D eigenvalue weighted by atomic mass is 16.5. The highest BCUT2D eigenvalue weighted by Gasteiger charge is 2.23. The summed E-state index contributed by atoms with van der Waals surface area (Å²) in [6.07, 6.45) is 1.50. The van der Waals surface area contributed by atoms with Gasteiger partial charge in [-0.25, -0.2) is 0 Å². The lowest BCUT2D eigenvalue weighted by atomic mass is 9.88. The Morgan fingerprint density at radius 2 is 1.81 bits per heavy atom. The molecule has 1 N–H and O–H groups in total. The SMILES string of the molecule is CCc1c(OC(C)C)cc(NC)cc1C(=O)CC(CCC(C)=O)C(C)=O. The molecule has 1 aromatic rings. The first-order chi connectivity index (χ1) is 12.2. The van der Waals surface area contributed by atoms with Crippen molar-refractivity contribution in [2.75, 3.05) is 12.4 Å². The molecular formula is C21H31NO4. The molecule has 0 aliphatic heterocycles. The molecule has 0 heterocycles. The molecule has 1 aromatic carbocycles. The van der Waals surface area contributed by atoms with Crippen LogP contribution in [0.2, 0.25) is 0 Å². The maximum Gasteiger partial charge on any atom is 0.164 e. The maximum absolute atomic E-state index is 13.0. The van der Waals surface area contributed by atoms with Crippen molar-refractivity contribution in [3.8, 4) is 5.75 Å². The van der Waals surface area contributed by atoms with E-state index in [1.807, 2.05) is 32.9 Å². The standard InChI is InChI=1S/C21H31NO4/c1-7-18-19(11-17(22-6)12-21(18)26-13(2)3)20(25)10-16(15(5)24)9-8-14(4)23/h11-13,16,22H,7-10H2,1-6H3. The monoisotopic (exact) mass is 361 g/mol. The summed E-state index contributed by atoms with van der Waals surface area (Å²) in [6, 6.07) is 3.71. The van der Waals surface area contributed by atoms with Gasteiger partial charge in [0.2, 0.25) is 0 Å². The van der Waals surface area contributed by atoms with Gasteiger partial charge in [0, 0.05) is 48.7 Å². The smallest absolute Gasteiger partial charge is 0.164 e. The second-order valence-electron chi connectivity index (χ2n) is 6.95. The van der Waals surface area contributed by atoms with Crippen LogP contribution < -0.4 is 10.1 Å². The van der Waals surface area contributed by atoms with Gasteiger partial charge in [-0.15, -0.1) is 0 Å². The summed E-state index contributed by atoms with van der Waals surface area (Å²) in [5.74, 6) is 0.157. The normalized spacial score (nSPS) is 12.0. The van der Waals surface area contributed by atoms with Gasteiger partial charge in [-0.1, -0.05) is 6.92 Å². The third-order valence-corrected chi connectivity index (χ3v) is 4.37. The van der Waals surface area contributed by atoms with E-state index in [9.17, 15) is 14.4 Å². The average molecular weight is 361 g/mol. The van der Waals surface area contributed by atoms with Crippen molar-refractivity contribution >= 4 is 23.0 Å². The molecule has 0 aliphatic rings. The van der Waals surface area contributed by atoms with Gasteiger partial charge < -0.3 is 14.8 Å². The number of rotatable bonds is 11. The summed E-state index contributed by atoms with van der Waals surface area (Å²) >= 11 is 0. The topological polar surface area (TPSA) is 72.5 Å². The molecule has 1 rings (SSSR count).